The highest BCUT2D eigenvalue weighted by atomic mass is 14.9. The first-order valence-corrected chi connectivity index (χ1v) is 3.20. The molecule has 0 atom stereocenters. The Morgan fingerprint density at radius 3 is 3.18 bits per heavy atom. The molecule has 11 heavy (non-hydrogen) atoms. The molecule has 0 unspecified atom stereocenters. The van der Waals surface area contributed by atoms with Crippen LogP contribution in [0, 0.1) is 6.57 Å². The Hall–Kier alpha value is -1.82. The molecule has 2 rings (SSSR count). The van der Waals surface area contributed by atoms with Gasteiger partial charge in [0.2, 0.25) is 5.82 Å². The van der Waals surface area contributed by atoms with Crippen LogP contribution < -0.4 is 0 Å². The van der Waals surface area contributed by atoms with Gasteiger partial charge in [-0.15, -0.1) is 0 Å². The molecule has 0 amide bonds. The van der Waals surface area contributed by atoms with Crippen molar-refractivity contribution in [1.29, 1.82) is 0 Å². The largest absolute Gasteiger partial charge is 0.364 e. The monoisotopic (exact) mass is 143 g/mol. The summed E-state index contributed by atoms with van der Waals surface area (Å²) in [6.45, 7) is 6.75. The summed E-state index contributed by atoms with van der Waals surface area (Å²) in [5.74, 6) is 0.563. The van der Waals surface area contributed by atoms with E-state index in [-0.39, 0.29) is 0 Å². The highest BCUT2D eigenvalue weighted by Crippen LogP contribution is 2.18. The van der Waals surface area contributed by atoms with Crippen LogP contribution >= 0.6 is 0 Å². The predicted molar refractivity (Wildman–Crippen MR) is 42.4 cm³/mol. The van der Waals surface area contributed by atoms with E-state index >= 15 is 0 Å². The van der Waals surface area contributed by atoms with Crippen LogP contribution in [-0.4, -0.2) is 9.97 Å². The lowest BCUT2D eigenvalue weighted by molar-refractivity contribution is 1.34. The van der Waals surface area contributed by atoms with Crippen molar-refractivity contribution in [3.8, 4) is 0 Å². The van der Waals surface area contributed by atoms with Gasteiger partial charge in [0.1, 0.15) is 5.52 Å². The molecule has 0 aromatic carbocycles. The minimum absolute atomic E-state index is 0.563. The van der Waals surface area contributed by atoms with Gasteiger partial charge in [-0.1, -0.05) is 6.57 Å². The molecule has 0 aliphatic rings. The van der Waals surface area contributed by atoms with Crippen molar-refractivity contribution in [1.82, 2.24) is 9.97 Å². The zero-order chi connectivity index (χ0) is 7.68. The van der Waals surface area contributed by atoms with Crippen molar-refractivity contribution in [3.05, 3.63) is 35.9 Å². The van der Waals surface area contributed by atoms with Crippen molar-refractivity contribution in [3.63, 3.8) is 0 Å². The van der Waals surface area contributed by atoms with E-state index in [1.165, 1.54) is 0 Å². The van der Waals surface area contributed by atoms with Crippen LogP contribution in [-0.2, 0) is 0 Å². The van der Waals surface area contributed by atoms with Crippen molar-refractivity contribution in [2.24, 2.45) is 0 Å². The Labute approximate surface area is 63.5 Å². The fourth-order valence-electron chi connectivity index (χ4n) is 1.02. The minimum atomic E-state index is 0.563. The standard InChI is InChI=1S/C8H5N3/c1-9-8-4-6-2-3-10-5-7(6)11-8/h2-5,11H. The second-order valence-electron chi connectivity index (χ2n) is 2.23. The number of pyridine rings is 1. The van der Waals surface area contributed by atoms with Gasteiger partial charge < -0.3 is 9.83 Å². The molecule has 0 aliphatic carbocycles. The summed E-state index contributed by atoms with van der Waals surface area (Å²) < 4.78 is 0. The second kappa shape index (κ2) is 2.10. The molecule has 1 N–H and O–H groups in total. The Kier molecular flexibility index (Phi) is 1.13. The zero-order valence-corrected chi connectivity index (χ0v) is 5.70. The van der Waals surface area contributed by atoms with E-state index < -0.39 is 0 Å². The van der Waals surface area contributed by atoms with E-state index in [4.69, 9.17) is 6.57 Å². The third-order valence-corrected chi connectivity index (χ3v) is 1.53. The Balaban J connectivity index is 2.81. The number of nitrogens with zero attached hydrogens (tertiary/aromatic N) is 2. The lowest BCUT2D eigenvalue weighted by atomic mass is 10.3. The van der Waals surface area contributed by atoms with Crippen LogP contribution in [0.5, 0.6) is 0 Å². The predicted octanol–water partition coefficient (Wildman–Crippen LogP) is 2.11. The maximum Gasteiger partial charge on any atom is 0.229 e. The number of nitrogens with one attached hydrogen (secondary N) is 1. The van der Waals surface area contributed by atoms with Crippen LogP contribution in [0.15, 0.2) is 24.5 Å². The summed E-state index contributed by atoms with van der Waals surface area (Å²) in [4.78, 5) is 10.1. The van der Waals surface area contributed by atoms with E-state index in [2.05, 4.69) is 14.8 Å². The quantitative estimate of drug-likeness (QED) is 0.563. The number of aromatic amines is 1. The lowest BCUT2D eigenvalue weighted by Crippen LogP contribution is -1.68. The maximum atomic E-state index is 6.75. The van der Waals surface area contributed by atoms with Crippen LogP contribution in [0.4, 0.5) is 5.82 Å². The Bertz CT molecular complexity index is 389. The summed E-state index contributed by atoms with van der Waals surface area (Å²) in [5, 5.41) is 1.03. The molecule has 0 saturated heterocycles. The molecule has 3 heteroatoms. The average molecular weight is 143 g/mol. The number of hydrogen-bond acceptors (Lipinski definition) is 1. The molecule has 52 valence electrons. The van der Waals surface area contributed by atoms with Gasteiger partial charge in [0, 0.05) is 11.6 Å². The second-order valence-corrected chi connectivity index (χ2v) is 2.23. The lowest BCUT2D eigenvalue weighted by Gasteiger charge is -1.80. The molecule has 0 radical (unpaired) electrons. The normalized spacial score (nSPS) is 9.73. The van der Waals surface area contributed by atoms with Crippen molar-refractivity contribution in [2.45, 2.75) is 0 Å². The molecule has 0 spiro atoms. The smallest absolute Gasteiger partial charge is 0.229 e. The van der Waals surface area contributed by atoms with Gasteiger partial charge in [-0.05, 0) is 12.1 Å². The van der Waals surface area contributed by atoms with E-state index in [1.54, 1.807) is 12.4 Å². The van der Waals surface area contributed by atoms with E-state index in [1.807, 2.05) is 12.1 Å². The van der Waals surface area contributed by atoms with Gasteiger partial charge in [0.05, 0.1) is 6.20 Å². The number of H-pyrrole nitrogens is 1. The maximum absolute atomic E-state index is 6.75. The van der Waals surface area contributed by atoms with E-state index in [0.29, 0.717) is 5.82 Å². The summed E-state index contributed by atoms with van der Waals surface area (Å²) in [7, 11) is 0. The van der Waals surface area contributed by atoms with Gasteiger partial charge in [-0.3, -0.25) is 4.98 Å². The fraction of sp³-hybridized carbons (Fsp3) is 0. The molecular weight excluding hydrogens is 138 g/mol. The van der Waals surface area contributed by atoms with Crippen LogP contribution in [0.25, 0.3) is 15.7 Å². The average Bonchev–Trinajstić information content (AvgIpc) is 2.46. The van der Waals surface area contributed by atoms with Crippen molar-refractivity contribution >= 4 is 16.7 Å². The number of aromatic nitrogens is 2. The summed E-state index contributed by atoms with van der Waals surface area (Å²) >= 11 is 0. The number of rotatable bonds is 0. The van der Waals surface area contributed by atoms with Gasteiger partial charge in [-0.2, -0.15) is 0 Å². The van der Waals surface area contributed by atoms with Gasteiger partial charge in [0.25, 0.3) is 0 Å². The van der Waals surface area contributed by atoms with Gasteiger partial charge in [0.15, 0.2) is 0 Å². The highest BCUT2D eigenvalue weighted by molar-refractivity contribution is 5.82. The molecule has 0 aliphatic heterocycles. The van der Waals surface area contributed by atoms with Crippen LogP contribution in [0.2, 0.25) is 0 Å². The first-order chi connectivity index (χ1) is 5.40. The minimum Gasteiger partial charge on any atom is -0.364 e. The molecule has 2 heterocycles. The molecular formula is C8H5N3. The molecule has 0 fully saturated rings. The molecule has 0 saturated carbocycles. The Morgan fingerprint density at radius 2 is 2.45 bits per heavy atom. The summed E-state index contributed by atoms with van der Waals surface area (Å²) in [5.41, 5.74) is 0.915. The van der Waals surface area contributed by atoms with Crippen molar-refractivity contribution < 1.29 is 0 Å². The first-order valence-electron chi connectivity index (χ1n) is 3.20. The molecule has 2 aromatic heterocycles. The number of fused-ring (bicyclic) bond motifs is 1. The van der Waals surface area contributed by atoms with Gasteiger partial charge in [-0.25, -0.2) is 0 Å². The molecule has 0 bridgehead atoms. The fourth-order valence-corrected chi connectivity index (χ4v) is 1.02. The van der Waals surface area contributed by atoms with E-state index in [9.17, 15) is 0 Å². The van der Waals surface area contributed by atoms with Crippen LogP contribution in [0.3, 0.4) is 0 Å². The van der Waals surface area contributed by atoms with Crippen LogP contribution in [0.1, 0.15) is 0 Å². The topological polar surface area (TPSA) is 33.0 Å². The van der Waals surface area contributed by atoms with E-state index in [0.717, 1.165) is 10.9 Å². The SMILES string of the molecule is [C-]#[N+]c1cc2ccncc2[nH]1. The molecule has 2 aromatic rings. The number of hydrogen-bond donors (Lipinski definition) is 1. The Morgan fingerprint density at radius 1 is 1.55 bits per heavy atom. The van der Waals surface area contributed by atoms with Gasteiger partial charge >= 0.3 is 0 Å². The summed E-state index contributed by atoms with van der Waals surface area (Å²) in [6.07, 6.45) is 3.42. The summed E-state index contributed by atoms with van der Waals surface area (Å²) in [6, 6.07) is 3.69. The zero-order valence-electron chi connectivity index (χ0n) is 5.70. The van der Waals surface area contributed by atoms with Crippen molar-refractivity contribution in [2.75, 3.05) is 0 Å². The third-order valence-electron chi connectivity index (χ3n) is 1.53. The molecule has 3 nitrogen and oxygen atoms in total. The third kappa shape index (κ3) is 0.849. The first kappa shape index (κ1) is 5.93. The highest BCUT2D eigenvalue weighted by Gasteiger charge is 1.98.